The Bertz CT molecular complexity index is 1090. The van der Waals surface area contributed by atoms with Crippen LogP contribution in [0.25, 0.3) is 0 Å². The molecule has 0 atom stereocenters. The first-order valence-electron chi connectivity index (χ1n) is 30.2. The molecule has 0 fully saturated rings. The van der Waals surface area contributed by atoms with Crippen molar-refractivity contribution in [1.82, 2.24) is 0 Å². The van der Waals surface area contributed by atoms with Gasteiger partial charge in [-0.15, -0.1) is 0 Å². The van der Waals surface area contributed by atoms with Crippen LogP contribution in [-0.2, 0) is 20.2 Å². The Hall–Kier alpha value is 0.680. The monoisotopic (exact) mass is 1040 g/mol. The largest absolute Gasteiger partial charge is 0.748 e. The van der Waals surface area contributed by atoms with E-state index in [0.717, 1.165) is 0 Å². The first-order valence-corrected chi connectivity index (χ1v) is 38.4. The summed E-state index contributed by atoms with van der Waals surface area (Å²) in [7, 11) is -9.10. The van der Waals surface area contributed by atoms with Gasteiger partial charge in [-0.2, -0.15) is 0 Å². The Morgan fingerprint density at radius 2 is 0.368 bits per heavy atom. The highest BCUT2D eigenvalue weighted by atomic mass is 32.2. The third-order valence-corrected chi connectivity index (χ3v) is 25.7. The fourth-order valence-electron chi connectivity index (χ4n) is 9.38. The fraction of sp³-hybridized carbons (Fsp3) is 1.00. The molecule has 0 aliphatic carbocycles. The number of unbranched alkanes of at least 4 members (excludes halogenated alkanes) is 28. The van der Waals surface area contributed by atoms with Crippen LogP contribution in [0.2, 0.25) is 0 Å². The molecule has 0 saturated heterocycles. The second kappa shape index (κ2) is 57.0. The lowest BCUT2D eigenvalue weighted by Gasteiger charge is -2.28. The lowest BCUT2D eigenvalue weighted by molar-refractivity contribution is 0.460. The Morgan fingerprint density at radius 1 is 0.221 bits per heavy atom. The van der Waals surface area contributed by atoms with Crippen molar-refractivity contribution in [3.63, 3.8) is 0 Å². The molecule has 0 spiro atoms. The molecule has 0 heterocycles. The summed E-state index contributed by atoms with van der Waals surface area (Å²) >= 11 is 0. The van der Waals surface area contributed by atoms with Crippen molar-refractivity contribution in [2.75, 3.05) is 60.8 Å². The molecular formula is C58H126O6P2S2. The lowest BCUT2D eigenvalue weighted by atomic mass is 10.0. The molecule has 416 valence electrons. The summed E-state index contributed by atoms with van der Waals surface area (Å²) < 4.78 is 58.1. The van der Waals surface area contributed by atoms with Crippen LogP contribution in [0.4, 0.5) is 0 Å². The van der Waals surface area contributed by atoms with Gasteiger partial charge in [0.15, 0.2) is 0 Å². The molecule has 0 bridgehead atoms. The Morgan fingerprint density at radius 3 is 0.500 bits per heavy atom. The van der Waals surface area contributed by atoms with Crippen molar-refractivity contribution < 1.29 is 25.9 Å². The van der Waals surface area contributed by atoms with E-state index in [-0.39, 0.29) is 11.5 Å². The average molecular weight is 1050 g/mol. The number of rotatable bonds is 48. The zero-order valence-electron chi connectivity index (χ0n) is 48.1. The molecule has 0 unspecified atom stereocenters. The molecule has 0 aromatic carbocycles. The molecule has 0 amide bonds. The molecule has 0 aliphatic rings. The van der Waals surface area contributed by atoms with Crippen LogP contribution < -0.4 is 0 Å². The van der Waals surface area contributed by atoms with Gasteiger partial charge in [0.25, 0.3) is 0 Å². The second-order valence-electron chi connectivity index (χ2n) is 20.9. The summed E-state index contributed by atoms with van der Waals surface area (Å²) in [5.41, 5.74) is 0. The highest BCUT2D eigenvalue weighted by Crippen LogP contribution is 2.62. The van der Waals surface area contributed by atoms with Gasteiger partial charge in [-0.1, -0.05) is 236 Å². The summed E-state index contributed by atoms with van der Waals surface area (Å²) in [5, 5.41) is 0. The highest BCUT2D eigenvalue weighted by Gasteiger charge is 2.35. The topological polar surface area (TPSA) is 114 Å². The van der Waals surface area contributed by atoms with Crippen molar-refractivity contribution in [2.45, 2.75) is 313 Å². The molecule has 0 rings (SSSR count). The summed E-state index contributed by atoms with van der Waals surface area (Å²) in [6, 6.07) is 0. The zero-order chi connectivity index (χ0) is 51.9. The van der Waals surface area contributed by atoms with Gasteiger partial charge in [-0.3, -0.25) is 0 Å². The third-order valence-electron chi connectivity index (χ3n) is 13.8. The Kier molecular flexibility index (Phi) is 63.0. The van der Waals surface area contributed by atoms with Crippen LogP contribution in [0.15, 0.2) is 0 Å². The van der Waals surface area contributed by atoms with Crippen molar-refractivity contribution >= 4 is 34.8 Å². The van der Waals surface area contributed by atoms with Gasteiger partial charge in [0.2, 0.25) is 0 Å². The van der Waals surface area contributed by atoms with Gasteiger partial charge in [-0.25, -0.2) is 16.8 Å². The van der Waals surface area contributed by atoms with E-state index in [1.54, 1.807) is 76.0 Å². The number of hydrogen-bond donors (Lipinski definition) is 0. The normalized spacial score (nSPS) is 11.9. The quantitative estimate of drug-likeness (QED) is 0.0341. The minimum absolute atomic E-state index is 0.243. The van der Waals surface area contributed by atoms with E-state index in [1.807, 2.05) is 0 Å². The molecule has 0 aromatic heterocycles. The van der Waals surface area contributed by atoms with Gasteiger partial charge >= 0.3 is 0 Å². The van der Waals surface area contributed by atoms with Crippen LogP contribution in [0, 0.1) is 0 Å². The van der Waals surface area contributed by atoms with Crippen LogP contribution in [0.5, 0.6) is 0 Å². The molecule has 68 heavy (non-hydrogen) atoms. The standard InChI is InChI=1S/C28H60P.C24H52P.2C3H8O3S/c1-5-9-13-14-15-16-17-18-19-20-21-22-23-24-28-29(25-10-6-2,26-11-7-3)27-12-8-4;1-5-9-13-14-15-16-17-18-19-20-24-25(21-10-6-2,22-11-7-3)23-12-8-4;2*1-2-3-7(4,5)6/h5-28H2,1-4H3;5-24H2,1-4H3;2*2-3H2,1H3,(H,4,5,6)/q2*+1;;/p-2. The molecule has 6 nitrogen and oxygen atoms in total. The molecular weight excluding hydrogens is 919 g/mol. The summed E-state index contributed by atoms with van der Waals surface area (Å²) in [4.78, 5) is 0. The van der Waals surface area contributed by atoms with Gasteiger partial charge in [-0.05, 0) is 77.0 Å². The maximum atomic E-state index is 9.68. The van der Waals surface area contributed by atoms with E-state index in [9.17, 15) is 25.9 Å². The van der Waals surface area contributed by atoms with Crippen molar-refractivity contribution in [1.29, 1.82) is 0 Å². The molecule has 0 saturated carbocycles. The fourth-order valence-corrected chi connectivity index (χ4v) is 20.8. The van der Waals surface area contributed by atoms with E-state index in [2.05, 4.69) is 55.4 Å². The Labute approximate surface area is 432 Å². The van der Waals surface area contributed by atoms with Gasteiger partial charge in [0.05, 0.1) is 69.5 Å². The predicted octanol–water partition coefficient (Wildman–Crippen LogP) is 20.1. The van der Waals surface area contributed by atoms with E-state index >= 15 is 0 Å². The summed E-state index contributed by atoms with van der Waals surface area (Å²) in [6.07, 6.45) is 66.7. The summed E-state index contributed by atoms with van der Waals surface area (Å²) in [5.74, 6) is -0.486. The minimum atomic E-state index is -3.92. The van der Waals surface area contributed by atoms with Crippen LogP contribution in [0.3, 0.4) is 0 Å². The van der Waals surface area contributed by atoms with E-state index in [1.165, 1.54) is 218 Å². The molecule has 0 radical (unpaired) electrons. The van der Waals surface area contributed by atoms with Crippen LogP contribution >= 0.6 is 14.5 Å². The maximum Gasteiger partial charge on any atom is 0.0945 e. The number of hydrogen-bond acceptors (Lipinski definition) is 6. The van der Waals surface area contributed by atoms with E-state index < -0.39 is 34.8 Å². The average Bonchev–Trinajstić information content (AvgIpc) is 3.30. The van der Waals surface area contributed by atoms with Crippen LogP contribution in [-0.4, -0.2) is 86.7 Å². The van der Waals surface area contributed by atoms with Crippen molar-refractivity contribution in [3.8, 4) is 0 Å². The first-order chi connectivity index (χ1) is 32.6. The Balaban J connectivity index is -0.000000471. The summed E-state index contributed by atoms with van der Waals surface area (Å²) in [6.45, 7) is 22.2. The van der Waals surface area contributed by atoms with E-state index in [0.29, 0.717) is 12.8 Å². The smallest absolute Gasteiger partial charge is 0.0945 e. The van der Waals surface area contributed by atoms with Gasteiger partial charge < -0.3 is 9.11 Å². The zero-order valence-corrected chi connectivity index (χ0v) is 51.5. The SMILES string of the molecule is CCCCCCCCCCCCCCCC[P+](CCCC)(CCCC)CCCC.CCCCCCCCCCCC[P+](CCCC)(CCCC)CCCC.CCCS(=O)(=O)[O-].CCCS(=O)(=O)[O-]. The van der Waals surface area contributed by atoms with Gasteiger partial charge in [0, 0.05) is 26.0 Å². The van der Waals surface area contributed by atoms with Crippen LogP contribution in [0.1, 0.15) is 313 Å². The molecule has 0 N–H and O–H groups in total. The lowest BCUT2D eigenvalue weighted by Crippen LogP contribution is -2.13. The van der Waals surface area contributed by atoms with Gasteiger partial charge in [0.1, 0.15) is 0 Å². The first kappa shape index (κ1) is 75.2. The molecule has 0 aromatic rings. The maximum absolute atomic E-state index is 9.68. The predicted molar refractivity (Wildman–Crippen MR) is 314 cm³/mol. The van der Waals surface area contributed by atoms with E-state index in [4.69, 9.17) is 0 Å². The second-order valence-corrected chi connectivity index (χ2v) is 32.9. The third kappa shape index (κ3) is 61.0. The van der Waals surface area contributed by atoms with Crippen molar-refractivity contribution in [3.05, 3.63) is 0 Å². The van der Waals surface area contributed by atoms with Crippen molar-refractivity contribution in [2.24, 2.45) is 0 Å². The molecule has 0 aliphatic heterocycles. The molecule has 10 heteroatoms. The highest BCUT2D eigenvalue weighted by molar-refractivity contribution is 7.85. The minimum Gasteiger partial charge on any atom is -0.748 e.